The monoisotopic (exact) mass is 264 g/mol. The molecule has 0 saturated heterocycles. The Labute approximate surface area is 121 Å². The van der Waals surface area contributed by atoms with Gasteiger partial charge in [0.1, 0.15) is 5.78 Å². The molecule has 0 aliphatic rings. The third kappa shape index (κ3) is 3.92. The highest BCUT2D eigenvalue weighted by atomic mass is 16.1. The van der Waals surface area contributed by atoms with Gasteiger partial charge in [-0.05, 0) is 31.4 Å². The van der Waals surface area contributed by atoms with Crippen molar-refractivity contribution < 1.29 is 4.79 Å². The van der Waals surface area contributed by atoms with Gasteiger partial charge >= 0.3 is 0 Å². The van der Waals surface area contributed by atoms with Crippen LogP contribution in [0.5, 0.6) is 0 Å². The molecular weight excluding hydrogens is 244 g/mol. The van der Waals surface area contributed by atoms with E-state index >= 15 is 0 Å². The Hall–Kier alpha value is -2.15. The molecule has 2 aromatic carbocycles. The van der Waals surface area contributed by atoms with Crippen molar-refractivity contribution in [2.45, 2.75) is 26.2 Å². The van der Waals surface area contributed by atoms with Crippen LogP contribution in [0.3, 0.4) is 0 Å². The van der Waals surface area contributed by atoms with Crippen LogP contribution in [-0.2, 0) is 4.79 Å². The summed E-state index contributed by atoms with van der Waals surface area (Å²) < 4.78 is 0. The summed E-state index contributed by atoms with van der Waals surface area (Å²) in [5.41, 5.74) is 3.52. The third-order valence-corrected chi connectivity index (χ3v) is 3.45. The van der Waals surface area contributed by atoms with E-state index in [-0.39, 0.29) is 11.7 Å². The van der Waals surface area contributed by atoms with E-state index < -0.39 is 0 Å². The Morgan fingerprint density at radius 3 is 2.30 bits per heavy atom. The van der Waals surface area contributed by atoms with Crippen molar-refractivity contribution in [1.82, 2.24) is 0 Å². The quantitative estimate of drug-likeness (QED) is 0.760. The number of allylic oxidation sites excluding steroid dienone is 1. The van der Waals surface area contributed by atoms with E-state index in [2.05, 4.69) is 43.3 Å². The van der Waals surface area contributed by atoms with Crippen molar-refractivity contribution in [1.29, 1.82) is 0 Å². The second-order valence-corrected chi connectivity index (χ2v) is 5.12. The summed E-state index contributed by atoms with van der Waals surface area (Å²) in [5, 5.41) is 0. The molecule has 0 aromatic heterocycles. The highest BCUT2D eigenvalue weighted by Gasteiger charge is 2.14. The lowest BCUT2D eigenvalue weighted by Gasteiger charge is -2.11. The molecule has 20 heavy (non-hydrogen) atoms. The zero-order valence-electron chi connectivity index (χ0n) is 12.0. The van der Waals surface area contributed by atoms with Crippen molar-refractivity contribution in [2.75, 3.05) is 0 Å². The summed E-state index contributed by atoms with van der Waals surface area (Å²) in [7, 11) is 0. The SMILES string of the molecule is CC(=O)C(C/C=C\c1ccc(C)cc1)c1ccccc1. The molecule has 1 unspecified atom stereocenters. The minimum Gasteiger partial charge on any atom is -0.299 e. The van der Waals surface area contributed by atoms with Crippen LogP contribution in [-0.4, -0.2) is 5.78 Å². The molecule has 0 aliphatic carbocycles. The molecule has 0 saturated carbocycles. The van der Waals surface area contributed by atoms with E-state index in [1.165, 1.54) is 11.1 Å². The number of hydrogen-bond donors (Lipinski definition) is 0. The van der Waals surface area contributed by atoms with Crippen LogP contribution in [0.25, 0.3) is 6.08 Å². The summed E-state index contributed by atoms with van der Waals surface area (Å²) in [6.07, 6.45) is 4.91. The number of Topliss-reactive ketones (excluding diaryl/α,β-unsaturated/α-hetero) is 1. The average molecular weight is 264 g/mol. The summed E-state index contributed by atoms with van der Waals surface area (Å²) in [5.74, 6) is 0.169. The number of hydrogen-bond acceptors (Lipinski definition) is 1. The molecule has 0 amide bonds. The molecule has 2 aromatic rings. The lowest BCUT2D eigenvalue weighted by Crippen LogP contribution is -2.07. The number of benzene rings is 2. The van der Waals surface area contributed by atoms with Gasteiger partial charge in [-0.3, -0.25) is 4.79 Å². The molecule has 0 fully saturated rings. The number of rotatable bonds is 5. The third-order valence-electron chi connectivity index (χ3n) is 3.45. The van der Waals surface area contributed by atoms with E-state index in [4.69, 9.17) is 0 Å². The largest absolute Gasteiger partial charge is 0.299 e. The maximum absolute atomic E-state index is 11.8. The molecule has 1 nitrogen and oxygen atoms in total. The van der Waals surface area contributed by atoms with Gasteiger partial charge in [-0.15, -0.1) is 0 Å². The Kier molecular flexibility index (Phi) is 4.89. The van der Waals surface area contributed by atoms with Gasteiger partial charge in [-0.1, -0.05) is 72.3 Å². The van der Waals surface area contributed by atoms with Crippen molar-refractivity contribution in [2.24, 2.45) is 0 Å². The highest BCUT2D eigenvalue weighted by molar-refractivity contribution is 5.83. The predicted octanol–water partition coefficient (Wildman–Crippen LogP) is 4.77. The van der Waals surface area contributed by atoms with Crippen LogP contribution < -0.4 is 0 Å². The van der Waals surface area contributed by atoms with Gasteiger partial charge in [0.25, 0.3) is 0 Å². The molecule has 0 heterocycles. The minimum absolute atomic E-state index is 0.0436. The zero-order chi connectivity index (χ0) is 14.4. The molecule has 2 rings (SSSR count). The van der Waals surface area contributed by atoms with Crippen molar-refractivity contribution in [3.8, 4) is 0 Å². The number of carbonyl (C=O) groups excluding carboxylic acids is 1. The molecule has 102 valence electrons. The van der Waals surface area contributed by atoms with Gasteiger partial charge in [0.2, 0.25) is 0 Å². The van der Waals surface area contributed by atoms with Crippen LogP contribution in [0.2, 0.25) is 0 Å². The van der Waals surface area contributed by atoms with Crippen LogP contribution in [0.4, 0.5) is 0 Å². The Balaban J connectivity index is 2.06. The molecular formula is C19H20O. The van der Waals surface area contributed by atoms with Gasteiger partial charge in [-0.25, -0.2) is 0 Å². The zero-order valence-corrected chi connectivity index (χ0v) is 12.0. The predicted molar refractivity (Wildman–Crippen MR) is 84.7 cm³/mol. The molecule has 1 heteroatoms. The fraction of sp³-hybridized carbons (Fsp3) is 0.211. The van der Waals surface area contributed by atoms with Gasteiger partial charge in [0, 0.05) is 5.92 Å². The molecule has 0 aliphatic heterocycles. The van der Waals surface area contributed by atoms with Crippen LogP contribution >= 0.6 is 0 Å². The maximum atomic E-state index is 11.8. The first-order valence-corrected chi connectivity index (χ1v) is 6.95. The maximum Gasteiger partial charge on any atom is 0.137 e. The van der Waals surface area contributed by atoms with Gasteiger partial charge in [0.05, 0.1) is 0 Å². The lowest BCUT2D eigenvalue weighted by molar-refractivity contribution is -0.118. The van der Waals surface area contributed by atoms with Crippen LogP contribution in [0.15, 0.2) is 60.7 Å². The minimum atomic E-state index is -0.0436. The average Bonchev–Trinajstić information content (AvgIpc) is 2.46. The van der Waals surface area contributed by atoms with Gasteiger partial charge < -0.3 is 0 Å². The number of ketones is 1. The van der Waals surface area contributed by atoms with Crippen LogP contribution in [0, 0.1) is 6.92 Å². The fourth-order valence-electron chi connectivity index (χ4n) is 2.24. The Morgan fingerprint density at radius 2 is 1.70 bits per heavy atom. The summed E-state index contributed by atoms with van der Waals surface area (Å²) in [6, 6.07) is 18.4. The van der Waals surface area contributed by atoms with Crippen molar-refractivity contribution >= 4 is 11.9 Å². The summed E-state index contributed by atoms with van der Waals surface area (Å²) in [4.78, 5) is 11.8. The number of aryl methyl sites for hydroxylation is 1. The smallest absolute Gasteiger partial charge is 0.137 e. The molecule has 0 N–H and O–H groups in total. The first-order valence-electron chi connectivity index (χ1n) is 6.95. The molecule has 1 atom stereocenters. The number of carbonyl (C=O) groups is 1. The topological polar surface area (TPSA) is 17.1 Å². The lowest BCUT2D eigenvalue weighted by atomic mass is 9.92. The molecule has 0 radical (unpaired) electrons. The second kappa shape index (κ2) is 6.85. The second-order valence-electron chi connectivity index (χ2n) is 5.12. The van der Waals surface area contributed by atoms with Crippen molar-refractivity contribution in [3.05, 3.63) is 77.4 Å². The first-order chi connectivity index (χ1) is 9.66. The van der Waals surface area contributed by atoms with E-state index in [1.54, 1.807) is 6.92 Å². The van der Waals surface area contributed by atoms with Gasteiger partial charge in [-0.2, -0.15) is 0 Å². The molecule has 0 spiro atoms. The Morgan fingerprint density at radius 1 is 1.05 bits per heavy atom. The summed E-state index contributed by atoms with van der Waals surface area (Å²) in [6.45, 7) is 3.74. The summed E-state index contributed by atoms with van der Waals surface area (Å²) >= 11 is 0. The Bertz CT molecular complexity index is 579. The highest BCUT2D eigenvalue weighted by Crippen LogP contribution is 2.21. The standard InChI is InChI=1S/C19H20O/c1-15-11-13-17(14-12-15)7-6-10-19(16(2)20)18-8-4-3-5-9-18/h3-9,11-14,19H,10H2,1-2H3/b7-6-. The van der Waals surface area contributed by atoms with Crippen LogP contribution in [0.1, 0.15) is 36.0 Å². The van der Waals surface area contributed by atoms with Gasteiger partial charge in [0.15, 0.2) is 0 Å². The normalized spacial score (nSPS) is 12.5. The molecule has 0 bridgehead atoms. The first kappa shape index (κ1) is 14.3. The van der Waals surface area contributed by atoms with E-state index in [1.807, 2.05) is 30.3 Å². The van der Waals surface area contributed by atoms with E-state index in [9.17, 15) is 4.79 Å². The fourth-order valence-corrected chi connectivity index (χ4v) is 2.24. The van der Waals surface area contributed by atoms with Crippen molar-refractivity contribution in [3.63, 3.8) is 0 Å². The van der Waals surface area contributed by atoms with E-state index in [0.29, 0.717) is 0 Å². The van der Waals surface area contributed by atoms with E-state index in [0.717, 1.165) is 12.0 Å².